The summed E-state index contributed by atoms with van der Waals surface area (Å²) >= 11 is 13.0. The van der Waals surface area contributed by atoms with E-state index in [2.05, 4.69) is 188 Å². The van der Waals surface area contributed by atoms with Gasteiger partial charge in [0, 0.05) is 16.3 Å². The van der Waals surface area contributed by atoms with Crippen molar-refractivity contribution in [2.24, 2.45) is 0 Å². The Hall–Kier alpha value is -3.47. The number of hydrogen-bond donors (Lipinski definition) is 1. The van der Waals surface area contributed by atoms with E-state index in [4.69, 9.17) is 24.5 Å². The highest BCUT2D eigenvalue weighted by Gasteiger charge is 2.36. The Labute approximate surface area is 285 Å². The lowest BCUT2D eigenvalue weighted by Gasteiger charge is -2.35. The van der Waals surface area contributed by atoms with Gasteiger partial charge in [0.2, 0.25) is 0 Å². The molecule has 46 heavy (non-hydrogen) atoms. The Morgan fingerprint density at radius 3 is 1.22 bits per heavy atom. The Kier molecular flexibility index (Phi) is 9.29. The first-order valence-electron chi connectivity index (χ1n) is 15.3. The average Bonchev–Trinajstić information content (AvgIpc) is 3.16. The van der Waals surface area contributed by atoms with E-state index < -0.39 is 12.6 Å². The number of rotatable bonds is 7. The lowest BCUT2D eigenvalue weighted by Crippen LogP contribution is -2.29. The highest BCUT2D eigenvalue weighted by Crippen LogP contribution is 2.62. The van der Waals surface area contributed by atoms with E-state index >= 15 is 0 Å². The predicted octanol–water partition coefficient (Wildman–Crippen LogP) is 9.85. The van der Waals surface area contributed by atoms with Crippen LogP contribution in [0.2, 0.25) is 0 Å². The summed E-state index contributed by atoms with van der Waals surface area (Å²) < 4.78 is 1.37. The number of benzene rings is 6. The summed E-state index contributed by atoms with van der Waals surface area (Å²) in [4.78, 5) is 0. The zero-order chi connectivity index (χ0) is 31.4. The average molecular weight is 683 g/mol. The SMILES string of the molecule is [S-][P+](c1ccccc1)(c1ccccc1)c1[pH]c(=P(S)(c2ccccc2)c2ccccc2)c(-c2ccccc2)cc1-c1ccccc1. The van der Waals surface area contributed by atoms with Crippen LogP contribution in [-0.4, -0.2) is 0 Å². The van der Waals surface area contributed by atoms with Crippen LogP contribution in [-0.2, 0) is 12.2 Å². The maximum Gasteiger partial charge on any atom is 0.106 e. The van der Waals surface area contributed by atoms with Gasteiger partial charge in [-0.25, -0.2) is 0 Å². The van der Waals surface area contributed by atoms with Gasteiger partial charge in [-0.1, -0.05) is 166 Å². The smallest absolute Gasteiger partial charge is 0.106 e. The second-order valence-corrected chi connectivity index (χ2v) is 22.1. The van der Waals surface area contributed by atoms with E-state index in [1.54, 1.807) is 0 Å². The summed E-state index contributed by atoms with van der Waals surface area (Å²) in [6.45, 7) is -2.49. The monoisotopic (exact) mass is 682 g/mol. The second kappa shape index (κ2) is 13.7. The van der Waals surface area contributed by atoms with Crippen molar-refractivity contribution in [1.82, 2.24) is 0 Å². The molecule has 6 aromatic carbocycles. The lowest BCUT2D eigenvalue weighted by atomic mass is 10.0. The Morgan fingerprint density at radius 1 is 0.457 bits per heavy atom. The van der Waals surface area contributed by atoms with Crippen LogP contribution in [0.25, 0.3) is 22.3 Å². The molecule has 0 radical (unpaired) electrons. The van der Waals surface area contributed by atoms with E-state index in [1.165, 1.54) is 53.2 Å². The summed E-state index contributed by atoms with van der Waals surface area (Å²) in [6, 6.07) is 67.6. The van der Waals surface area contributed by atoms with Gasteiger partial charge in [0.15, 0.2) is 0 Å². The van der Waals surface area contributed by atoms with Crippen LogP contribution >= 0.6 is 33.0 Å². The zero-order valence-corrected chi connectivity index (χ0v) is 29.6. The molecule has 1 heterocycles. The van der Waals surface area contributed by atoms with Gasteiger partial charge >= 0.3 is 0 Å². The van der Waals surface area contributed by atoms with E-state index in [-0.39, 0.29) is 0 Å². The van der Waals surface area contributed by atoms with Crippen LogP contribution in [0.15, 0.2) is 188 Å². The van der Waals surface area contributed by atoms with Gasteiger partial charge in [-0.05, 0) is 64.1 Å². The molecule has 0 spiro atoms. The molecular weight excluding hydrogens is 650 g/mol. The van der Waals surface area contributed by atoms with Gasteiger partial charge in [0.05, 0.1) is 10.6 Å². The minimum Gasteiger partial charge on any atom is -0.540 e. The zero-order valence-electron chi connectivity index (χ0n) is 25.1. The van der Waals surface area contributed by atoms with Crippen molar-refractivity contribution in [3.63, 3.8) is 0 Å². The molecule has 0 N–H and O–H groups in total. The molecule has 1 atom stereocenters. The molecule has 0 saturated heterocycles. The minimum absolute atomic E-state index is 0.347. The molecule has 0 aliphatic rings. The molecule has 5 heteroatoms. The molecular formula is C41H33P3S2. The van der Waals surface area contributed by atoms with E-state index in [1.807, 2.05) is 0 Å². The maximum atomic E-state index is 7.10. The fourth-order valence-electron chi connectivity index (χ4n) is 6.08. The van der Waals surface area contributed by atoms with Crippen LogP contribution in [0, 0.1) is 4.67 Å². The molecule has 0 aliphatic heterocycles. The second-order valence-electron chi connectivity index (χ2n) is 11.1. The first-order valence-corrected chi connectivity index (χ1v) is 22.0. The van der Waals surface area contributed by atoms with Crippen LogP contribution in [0.1, 0.15) is 0 Å². The van der Waals surface area contributed by atoms with Crippen molar-refractivity contribution in [3.05, 3.63) is 193 Å². The van der Waals surface area contributed by atoms with Crippen molar-refractivity contribution >= 4 is 71.5 Å². The number of hydrogen-bond acceptors (Lipinski definition) is 2. The molecule has 7 rings (SSSR count). The molecule has 1 unspecified atom stereocenters. The topological polar surface area (TPSA) is 0 Å². The first-order chi connectivity index (χ1) is 22.6. The first kappa shape index (κ1) is 31.1. The third kappa shape index (κ3) is 5.80. The fourth-order valence-corrected chi connectivity index (χ4v) is 18.9. The maximum absolute atomic E-state index is 7.10. The predicted molar refractivity (Wildman–Crippen MR) is 214 cm³/mol. The van der Waals surface area contributed by atoms with Crippen LogP contribution in [0.3, 0.4) is 0 Å². The Bertz CT molecular complexity index is 2070. The molecule has 1 aromatic heterocycles. The summed E-state index contributed by atoms with van der Waals surface area (Å²) in [5, 5.41) is 6.27. The van der Waals surface area contributed by atoms with Gasteiger partial charge in [-0.15, -0.1) is 12.2 Å². The molecule has 0 aliphatic carbocycles. The largest absolute Gasteiger partial charge is 0.540 e. The third-order valence-corrected chi connectivity index (χ3v) is 22.8. The molecule has 0 bridgehead atoms. The summed E-state index contributed by atoms with van der Waals surface area (Å²) in [5.74, 6) is 0. The minimum atomic E-state index is -2.49. The van der Waals surface area contributed by atoms with Crippen molar-refractivity contribution in [2.45, 2.75) is 0 Å². The summed E-state index contributed by atoms with van der Waals surface area (Å²) in [7, 11) is 0.347. The van der Waals surface area contributed by atoms with E-state index in [0.717, 1.165) is 0 Å². The van der Waals surface area contributed by atoms with Gasteiger partial charge in [0.25, 0.3) is 0 Å². The normalized spacial score (nSPS) is 11.9. The van der Waals surface area contributed by atoms with Crippen LogP contribution in [0.5, 0.6) is 0 Å². The molecule has 7 aromatic rings. The molecule has 0 fully saturated rings. The van der Waals surface area contributed by atoms with Crippen LogP contribution < -0.4 is 26.3 Å². The summed E-state index contributed by atoms with van der Waals surface area (Å²) in [6.07, 6.45) is -2.39. The van der Waals surface area contributed by atoms with Crippen molar-refractivity contribution in [1.29, 1.82) is 0 Å². The Morgan fingerprint density at radius 2 is 0.804 bits per heavy atom. The van der Waals surface area contributed by atoms with Crippen molar-refractivity contribution in [2.75, 3.05) is 0 Å². The standard InChI is InChI=1S/C41H33P3S2/c45-43(34-23-11-3-12-24-34,35-25-13-4-14-26-35)40-38(32-19-7-1-8-20-32)31-39(33-21-9-2-10-22-33)41(42-40)44(46,36-27-15-5-16-28-36)37-29-17-6-18-30-37/h1-31,42,45H. The molecule has 0 saturated carbocycles. The summed E-state index contributed by atoms with van der Waals surface area (Å²) in [5.41, 5.74) is 4.88. The van der Waals surface area contributed by atoms with Gasteiger partial charge in [-0.2, -0.15) is 0 Å². The van der Waals surface area contributed by atoms with Crippen LogP contribution in [0.4, 0.5) is 0 Å². The van der Waals surface area contributed by atoms with Crippen molar-refractivity contribution < 1.29 is 0 Å². The molecule has 0 nitrogen and oxygen atoms in total. The van der Waals surface area contributed by atoms with Crippen molar-refractivity contribution in [3.8, 4) is 22.3 Å². The fraction of sp³-hybridized carbons (Fsp3) is 0. The quantitative estimate of drug-likeness (QED) is 0.0993. The van der Waals surface area contributed by atoms with E-state index in [0.29, 0.717) is 8.19 Å². The highest BCUT2D eigenvalue weighted by atomic mass is 32.7. The lowest BCUT2D eigenvalue weighted by molar-refractivity contribution is 1.63. The van der Waals surface area contributed by atoms with Gasteiger partial charge in [-0.3, -0.25) is 0 Å². The highest BCUT2D eigenvalue weighted by molar-refractivity contribution is 8.55. The van der Waals surface area contributed by atoms with E-state index in [9.17, 15) is 0 Å². The molecule has 0 amide bonds. The number of thiol groups is 1. The van der Waals surface area contributed by atoms with Gasteiger partial charge in [0.1, 0.15) is 5.04 Å². The van der Waals surface area contributed by atoms with Gasteiger partial charge < -0.3 is 12.2 Å². The Balaban J connectivity index is 1.75. The molecule has 224 valence electrons. The third-order valence-electron chi connectivity index (χ3n) is 8.34.